The zero-order valence-corrected chi connectivity index (χ0v) is 17.5. The quantitative estimate of drug-likeness (QED) is 0.466. The Kier molecular flexibility index (Phi) is 9.10. The molecule has 0 fully saturated rings. The van der Waals surface area contributed by atoms with Crippen molar-refractivity contribution in [1.82, 2.24) is 5.32 Å². The molecule has 0 aliphatic rings. The Labute approximate surface area is 181 Å². The molecule has 148 valence electrons. The van der Waals surface area contributed by atoms with Gasteiger partial charge >= 0.3 is 0 Å². The van der Waals surface area contributed by atoms with Crippen molar-refractivity contribution >= 4 is 35.6 Å². The maximum Gasteiger partial charge on any atom is 0.124 e. The standard InChI is InChI=1S/C22H21Cl2NO2.ClH/c23-19-8-6-16(7-9-19)15-27-22-11-10-20(24)12-18(22)13-25-14-21(26)17-4-2-1-3-5-17;/h1-12,21,25-26H,13-15H2;1H. The predicted octanol–water partition coefficient (Wildman–Crippen LogP) is 5.82. The van der Waals surface area contributed by atoms with Crippen LogP contribution in [-0.2, 0) is 13.2 Å². The Morgan fingerprint density at radius 3 is 2.29 bits per heavy atom. The minimum Gasteiger partial charge on any atom is -0.489 e. The first-order chi connectivity index (χ1) is 13.1. The fourth-order valence-electron chi connectivity index (χ4n) is 2.71. The number of aliphatic hydroxyl groups is 1. The van der Waals surface area contributed by atoms with Gasteiger partial charge < -0.3 is 15.2 Å². The van der Waals surface area contributed by atoms with Gasteiger partial charge in [-0.25, -0.2) is 0 Å². The van der Waals surface area contributed by atoms with Crippen molar-refractivity contribution in [3.63, 3.8) is 0 Å². The molecular weight excluding hydrogens is 417 g/mol. The lowest BCUT2D eigenvalue weighted by Crippen LogP contribution is -2.21. The molecule has 0 spiro atoms. The molecule has 0 heterocycles. The summed E-state index contributed by atoms with van der Waals surface area (Å²) in [7, 11) is 0. The highest BCUT2D eigenvalue weighted by Crippen LogP contribution is 2.24. The van der Waals surface area contributed by atoms with E-state index < -0.39 is 6.10 Å². The zero-order valence-electron chi connectivity index (χ0n) is 15.1. The lowest BCUT2D eigenvalue weighted by Gasteiger charge is -2.15. The summed E-state index contributed by atoms with van der Waals surface area (Å²) in [5, 5.41) is 14.9. The smallest absolute Gasteiger partial charge is 0.124 e. The summed E-state index contributed by atoms with van der Waals surface area (Å²) in [5.74, 6) is 0.760. The van der Waals surface area contributed by atoms with Gasteiger partial charge in [-0.05, 0) is 41.5 Å². The summed E-state index contributed by atoms with van der Waals surface area (Å²) < 4.78 is 5.96. The average Bonchev–Trinajstić information content (AvgIpc) is 2.69. The molecule has 3 aromatic rings. The third-order valence-corrected chi connectivity index (χ3v) is 4.65. The molecule has 0 bridgehead atoms. The lowest BCUT2D eigenvalue weighted by molar-refractivity contribution is 0.174. The van der Waals surface area contributed by atoms with Gasteiger partial charge in [0, 0.05) is 28.7 Å². The van der Waals surface area contributed by atoms with E-state index in [2.05, 4.69) is 5.32 Å². The Morgan fingerprint density at radius 2 is 1.57 bits per heavy atom. The molecule has 0 amide bonds. The first kappa shape index (κ1) is 22.5. The summed E-state index contributed by atoms with van der Waals surface area (Å²) in [6, 6.07) is 22.7. The molecule has 28 heavy (non-hydrogen) atoms. The van der Waals surface area contributed by atoms with Crippen LogP contribution in [0.4, 0.5) is 0 Å². The molecule has 2 N–H and O–H groups in total. The van der Waals surface area contributed by atoms with Crippen molar-refractivity contribution in [2.24, 2.45) is 0 Å². The monoisotopic (exact) mass is 437 g/mol. The minimum absolute atomic E-state index is 0. The second-order valence-corrected chi connectivity index (χ2v) is 7.10. The zero-order chi connectivity index (χ0) is 19.1. The molecule has 0 saturated heterocycles. The van der Waals surface area contributed by atoms with Crippen LogP contribution in [0.5, 0.6) is 5.75 Å². The Morgan fingerprint density at radius 1 is 0.893 bits per heavy atom. The van der Waals surface area contributed by atoms with Crippen LogP contribution < -0.4 is 10.1 Å². The number of hydrogen-bond acceptors (Lipinski definition) is 3. The second-order valence-electron chi connectivity index (χ2n) is 6.22. The molecule has 0 saturated carbocycles. The first-order valence-corrected chi connectivity index (χ1v) is 9.47. The van der Waals surface area contributed by atoms with Gasteiger partial charge in [-0.2, -0.15) is 0 Å². The topological polar surface area (TPSA) is 41.5 Å². The molecule has 0 aromatic heterocycles. The van der Waals surface area contributed by atoms with Crippen molar-refractivity contribution < 1.29 is 9.84 Å². The molecule has 0 aliphatic heterocycles. The van der Waals surface area contributed by atoms with E-state index in [0.717, 1.165) is 22.4 Å². The van der Waals surface area contributed by atoms with E-state index in [0.29, 0.717) is 29.7 Å². The molecule has 1 unspecified atom stereocenters. The highest BCUT2D eigenvalue weighted by Gasteiger charge is 2.09. The van der Waals surface area contributed by atoms with Gasteiger partial charge in [0.25, 0.3) is 0 Å². The number of aliphatic hydroxyl groups excluding tert-OH is 1. The molecule has 3 nitrogen and oxygen atoms in total. The van der Waals surface area contributed by atoms with Crippen molar-refractivity contribution in [1.29, 1.82) is 0 Å². The molecule has 0 aliphatic carbocycles. The Balaban J connectivity index is 0.00000280. The summed E-state index contributed by atoms with van der Waals surface area (Å²) in [5.41, 5.74) is 2.86. The molecule has 0 radical (unpaired) electrons. The van der Waals surface area contributed by atoms with E-state index in [4.69, 9.17) is 27.9 Å². The molecule has 3 aromatic carbocycles. The van der Waals surface area contributed by atoms with E-state index in [1.54, 1.807) is 6.07 Å². The maximum absolute atomic E-state index is 10.3. The van der Waals surface area contributed by atoms with E-state index in [1.807, 2.05) is 66.7 Å². The second kappa shape index (κ2) is 11.3. The van der Waals surface area contributed by atoms with Gasteiger partial charge in [0.2, 0.25) is 0 Å². The maximum atomic E-state index is 10.3. The lowest BCUT2D eigenvalue weighted by atomic mass is 10.1. The summed E-state index contributed by atoms with van der Waals surface area (Å²) in [6.07, 6.45) is -0.566. The van der Waals surface area contributed by atoms with Crippen molar-refractivity contribution in [2.45, 2.75) is 19.3 Å². The molecule has 1 atom stereocenters. The van der Waals surface area contributed by atoms with Crippen LogP contribution in [0.15, 0.2) is 72.8 Å². The number of nitrogens with one attached hydrogen (secondary N) is 1. The number of benzene rings is 3. The molecule has 6 heteroatoms. The summed E-state index contributed by atoms with van der Waals surface area (Å²) in [4.78, 5) is 0. The Bertz CT molecular complexity index is 857. The van der Waals surface area contributed by atoms with Crippen LogP contribution in [0.2, 0.25) is 10.0 Å². The number of halogens is 3. The van der Waals surface area contributed by atoms with E-state index in [-0.39, 0.29) is 12.4 Å². The van der Waals surface area contributed by atoms with Gasteiger partial charge in [0.1, 0.15) is 12.4 Å². The SMILES string of the molecule is Cl.OC(CNCc1cc(Cl)ccc1OCc1ccc(Cl)cc1)c1ccccc1. The van der Waals surface area contributed by atoms with Crippen LogP contribution in [0.25, 0.3) is 0 Å². The van der Waals surface area contributed by atoms with Crippen LogP contribution in [0, 0.1) is 0 Å². The van der Waals surface area contributed by atoms with Gasteiger partial charge in [-0.1, -0.05) is 65.7 Å². The van der Waals surface area contributed by atoms with Gasteiger partial charge in [0.05, 0.1) is 6.10 Å². The number of ether oxygens (including phenoxy) is 1. The fraction of sp³-hybridized carbons (Fsp3) is 0.182. The Hall–Kier alpha value is -1.75. The number of hydrogen-bond donors (Lipinski definition) is 2. The van der Waals surface area contributed by atoms with E-state index in [1.165, 1.54) is 0 Å². The summed E-state index contributed by atoms with van der Waals surface area (Å²) >= 11 is 12.1. The third kappa shape index (κ3) is 6.69. The van der Waals surface area contributed by atoms with Gasteiger partial charge in [-0.15, -0.1) is 12.4 Å². The van der Waals surface area contributed by atoms with Crippen molar-refractivity contribution in [2.75, 3.05) is 6.54 Å². The highest BCUT2D eigenvalue weighted by atomic mass is 35.5. The predicted molar refractivity (Wildman–Crippen MR) is 118 cm³/mol. The first-order valence-electron chi connectivity index (χ1n) is 8.71. The largest absolute Gasteiger partial charge is 0.489 e. The van der Waals surface area contributed by atoms with Gasteiger partial charge in [0.15, 0.2) is 0 Å². The minimum atomic E-state index is -0.566. The van der Waals surface area contributed by atoms with Gasteiger partial charge in [-0.3, -0.25) is 0 Å². The highest BCUT2D eigenvalue weighted by molar-refractivity contribution is 6.30. The average molecular weight is 439 g/mol. The number of rotatable bonds is 8. The summed E-state index contributed by atoms with van der Waals surface area (Å²) in [6.45, 7) is 1.42. The van der Waals surface area contributed by atoms with E-state index in [9.17, 15) is 5.11 Å². The molecular formula is C22H22Cl3NO2. The van der Waals surface area contributed by atoms with Crippen LogP contribution in [0.3, 0.4) is 0 Å². The fourth-order valence-corrected chi connectivity index (χ4v) is 3.03. The normalized spacial score (nSPS) is 11.5. The third-order valence-electron chi connectivity index (χ3n) is 4.17. The van der Waals surface area contributed by atoms with E-state index >= 15 is 0 Å². The molecule has 3 rings (SSSR count). The van der Waals surface area contributed by atoms with Crippen LogP contribution >= 0.6 is 35.6 Å². The van der Waals surface area contributed by atoms with Crippen LogP contribution in [0.1, 0.15) is 22.8 Å². The van der Waals surface area contributed by atoms with Crippen molar-refractivity contribution in [3.05, 3.63) is 99.5 Å². The van der Waals surface area contributed by atoms with Crippen molar-refractivity contribution in [3.8, 4) is 5.75 Å². The van der Waals surface area contributed by atoms with Crippen LogP contribution in [-0.4, -0.2) is 11.7 Å².